The van der Waals surface area contributed by atoms with Crippen LogP contribution < -0.4 is 0 Å². The quantitative estimate of drug-likeness (QED) is 0.400. The van der Waals surface area contributed by atoms with Gasteiger partial charge in [0.2, 0.25) is 0 Å². The van der Waals surface area contributed by atoms with Gasteiger partial charge in [-0.1, -0.05) is 77.3 Å². The van der Waals surface area contributed by atoms with Crippen molar-refractivity contribution in [2.75, 3.05) is 6.61 Å². The van der Waals surface area contributed by atoms with Crippen LogP contribution in [0.25, 0.3) is 0 Å². The second-order valence-electron chi connectivity index (χ2n) is 14.6. The maximum atomic E-state index is 14.5. The van der Waals surface area contributed by atoms with Gasteiger partial charge in [0, 0.05) is 11.8 Å². The van der Waals surface area contributed by atoms with Crippen molar-refractivity contribution in [2.24, 2.45) is 46.3 Å². The second kappa shape index (κ2) is 10.00. The molecule has 2 saturated heterocycles. The van der Waals surface area contributed by atoms with E-state index in [1.165, 1.54) is 44.9 Å². The molecule has 4 aliphatic carbocycles. The van der Waals surface area contributed by atoms with Gasteiger partial charge >= 0.3 is 0 Å². The molecule has 4 heteroatoms. The van der Waals surface area contributed by atoms with Crippen molar-refractivity contribution < 1.29 is 19.4 Å². The van der Waals surface area contributed by atoms with Gasteiger partial charge in [-0.05, 0) is 85.0 Å². The van der Waals surface area contributed by atoms with Crippen molar-refractivity contribution in [2.45, 2.75) is 116 Å². The Labute approximate surface area is 230 Å². The van der Waals surface area contributed by atoms with E-state index in [1.54, 1.807) is 0 Å². The molecule has 4 saturated carbocycles. The number of hydrogen-bond donors (Lipinski definition) is 1. The Hall–Kier alpha value is -1.23. The third kappa shape index (κ3) is 3.98. The fraction of sp³-hybridized carbons (Fsp3) is 0.794. The van der Waals surface area contributed by atoms with E-state index in [9.17, 15) is 9.90 Å². The first-order chi connectivity index (χ1) is 18.2. The first kappa shape index (κ1) is 27.0. The number of ether oxygens (including phenoxy) is 2. The fourth-order valence-electron chi connectivity index (χ4n) is 10.6. The minimum absolute atomic E-state index is 0.150. The van der Waals surface area contributed by atoms with Crippen LogP contribution in [-0.2, 0) is 20.9 Å². The number of carbonyl (C=O) groups is 1. The number of aliphatic hydroxyl groups excluding tert-OH is 1. The summed E-state index contributed by atoms with van der Waals surface area (Å²) >= 11 is 0. The number of carbonyl (C=O) groups excluding carboxylic acids is 1. The zero-order chi connectivity index (χ0) is 26.7. The smallest absolute Gasteiger partial charge is 0.194 e. The molecule has 2 bridgehead atoms. The van der Waals surface area contributed by atoms with E-state index in [4.69, 9.17) is 9.47 Å². The van der Waals surface area contributed by atoms with E-state index < -0.39 is 11.7 Å². The van der Waals surface area contributed by atoms with E-state index in [0.717, 1.165) is 36.2 Å². The molecule has 0 radical (unpaired) electrons. The average molecular weight is 523 g/mol. The molecule has 0 aromatic heterocycles. The second-order valence-corrected chi connectivity index (χ2v) is 14.6. The van der Waals surface area contributed by atoms with Gasteiger partial charge in [-0.2, -0.15) is 0 Å². The Kier molecular flexibility index (Phi) is 7.09. The third-order valence-electron chi connectivity index (χ3n) is 12.3. The Morgan fingerprint density at radius 3 is 2.58 bits per heavy atom. The SMILES string of the molecule is CC(C)CCC[C@@H](C)[C@H]1CC[C@H]2[C@@H]3[C@H]4OC[C@@]5(CC[C@H](O)C[C@]5(OCc5ccccc5)C4=O)[C@H]3CC[C@]12C. The molecule has 210 valence electrons. The fourth-order valence-corrected chi connectivity index (χ4v) is 10.6. The summed E-state index contributed by atoms with van der Waals surface area (Å²) in [6.07, 6.45) is 10.1. The summed E-state index contributed by atoms with van der Waals surface area (Å²) < 4.78 is 13.3. The number of hydrogen-bond acceptors (Lipinski definition) is 4. The molecule has 2 heterocycles. The van der Waals surface area contributed by atoms with Gasteiger partial charge in [-0.15, -0.1) is 0 Å². The number of fused-ring (bicyclic) bond motifs is 2. The van der Waals surface area contributed by atoms with E-state index in [0.29, 0.717) is 42.8 Å². The van der Waals surface area contributed by atoms with Crippen molar-refractivity contribution in [3.05, 3.63) is 35.9 Å². The summed E-state index contributed by atoms with van der Waals surface area (Å²) in [5.41, 5.74) is 0.170. The molecule has 1 aromatic rings. The first-order valence-corrected chi connectivity index (χ1v) is 15.7. The predicted molar refractivity (Wildman–Crippen MR) is 149 cm³/mol. The lowest BCUT2D eigenvalue weighted by molar-refractivity contribution is -0.308. The molecule has 6 aliphatic rings. The maximum absolute atomic E-state index is 14.5. The van der Waals surface area contributed by atoms with Gasteiger partial charge in [0.1, 0.15) is 11.7 Å². The number of ketones is 1. The number of benzene rings is 1. The Bertz CT molecular complexity index is 1010. The third-order valence-corrected chi connectivity index (χ3v) is 12.3. The molecule has 6 fully saturated rings. The highest BCUT2D eigenvalue weighted by atomic mass is 16.5. The minimum atomic E-state index is -0.916. The molecule has 10 atom stereocenters. The van der Waals surface area contributed by atoms with Gasteiger partial charge in [0.25, 0.3) is 0 Å². The lowest BCUT2D eigenvalue weighted by atomic mass is 9.40. The lowest BCUT2D eigenvalue weighted by Crippen LogP contribution is -2.78. The molecular weight excluding hydrogens is 472 g/mol. The van der Waals surface area contributed by atoms with Gasteiger partial charge in [-0.3, -0.25) is 4.79 Å². The summed E-state index contributed by atoms with van der Waals surface area (Å²) in [4.78, 5) is 14.5. The average Bonchev–Trinajstić information content (AvgIpc) is 3.26. The lowest BCUT2D eigenvalue weighted by Gasteiger charge is -2.69. The monoisotopic (exact) mass is 522 g/mol. The molecule has 1 spiro atoms. The summed E-state index contributed by atoms with van der Waals surface area (Å²) in [6.45, 7) is 10.8. The van der Waals surface area contributed by atoms with E-state index >= 15 is 0 Å². The zero-order valence-electron chi connectivity index (χ0n) is 24.2. The molecule has 1 N–H and O–H groups in total. The Balaban J connectivity index is 1.28. The highest BCUT2D eigenvalue weighted by molar-refractivity contribution is 5.95. The van der Waals surface area contributed by atoms with Crippen LogP contribution in [0.1, 0.15) is 97.5 Å². The topological polar surface area (TPSA) is 55.8 Å². The van der Waals surface area contributed by atoms with Crippen molar-refractivity contribution in [1.29, 1.82) is 0 Å². The van der Waals surface area contributed by atoms with Crippen molar-refractivity contribution in [3.63, 3.8) is 0 Å². The molecule has 1 aromatic carbocycles. The number of aliphatic hydroxyl groups is 1. The van der Waals surface area contributed by atoms with Crippen LogP contribution in [-0.4, -0.2) is 35.3 Å². The van der Waals surface area contributed by atoms with Crippen LogP contribution in [0.3, 0.4) is 0 Å². The molecule has 2 aliphatic heterocycles. The molecule has 0 amide bonds. The Morgan fingerprint density at radius 2 is 1.82 bits per heavy atom. The zero-order valence-corrected chi connectivity index (χ0v) is 24.2. The highest BCUT2D eigenvalue weighted by Gasteiger charge is 2.76. The molecule has 7 rings (SSSR count). The van der Waals surface area contributed by atoms with E-state index in [2.05, 4.69) is 39.8 Å². The van der Waals surface area contributed by atoms with E-state index in [1.807, 2.05) is 18.2 Å². The number of Topliss-reactive ketones (excluding diaryl/α,β-unsaturated/α-hetero) is 1. The first-order valence-electron chi connectivity index (χ1n) is 15.7. The normalized spacial score (nSPS) is 44.5. The largest absolute Gasteiger partial charge is 0.393 e. The van der Waals surface area contributed by atoms with Gasteiger partial charge in [0.05, 0.1) is 19.3 Å². The molecule has 38 heavy (non-hydrogen) atoms. The van der Waals surface area contributed by atoms with Crippen LogP contribution in [0.15, 0.2) is 30.3 Å². The van der Waals surface area contributed by atoms with Gasteiger partial charge in [-0.25, -0.2) is 0 Å². The summed E-state index contributed by atoms with van der Waals surface area (Å²) in [5, 5.41) is 10.9. The standard InChI is InChI=1S/C34H50O4/c1-22(2)9-8-10-23(3)26-13-14-27-29-28(16-17-32(26,27)4)33-18-15-25(35)19-34(33,31(36)30(29)37-21-33)38-20-24-11-6-5-7-12-24/h5-7,11-12,22-23,25-30,35H,8-10,13-21H2,1-4H3/t23-,25+,26-,27+,28+,29+,30-,32-,33+,34+/m1/s1. The van der Waals surface area contributed by atoms with Crippen LogP contribution in [0.4, 0.5) is 0 Å². The Morgan fingerprint density at radius 1 is 1.03 bits per heavy atom. The van der Waals surface area contributed by atoms with Crippen molar-refractivity contribution >= 4 is 5.78 Å². The van der Waals surface area contributed by atoms with Crippen LogP contribution >= 0.6 is 0 Å². The molecule has 4 nitrogen and oxygen atoms in total. The summed E-state index contributed by atoms with van der Waals surface area (Å²) in [7, 11) is 0. The van der Waals surface area contributed by atoms with Crippen molar-refractivity contribution in [1.82, 2.24) is 0 Å². The van der Waals surface area contributed by atoms with Gasteiger partial charge < -0.3 is 14.6 Å². The van der Waals surface area contributed by atoms with E-state index in [-0.39, 0.29) is 17.3 Å². The number of rotatable bonds is 8. The van der Waals surface area contributed by atoms with Crippen LogP contribution in [0, 0.1) is 46.3 Å². The molecule has 0 unspecified atom stereocenters. The van der Waals surface area contributed by atoms with Crippen LogP contribution in [0.5, 0.6) is 0 Å². The maximum Gasteiger partial charge on any atom is 0.194 e. The predicted octanol–water partition coefficient (Wildman–Crippen LogP) is 6.98. The minimum Gasteiger partial charge on any atom is -0.393 e. The summed E-state index contributed by atoms with van der Waals surface area (Å²) in [5.74, 6) is 3.75. The van der Waals surface area contributed by atoms with Crippen molar-refractivity contribution in [3.8, 4) is 0 Å². The van der Waals surface area contributed by atoms with Gasteiger partial charge in [0.15, 0.2) is 5.78 Å². The highest BCUT2D eigenvalue weighted by Crippen LogP contribution is 2.71. The molecular formula is C34H50O4. The van der Waals surface area contributed by atoms with Crippen LogP contribution in [0.2, 0.25) is 0 Å². The summed E-state index contributed by atoms with van der Waals surface area (Å²) in [6, 6.07) is 10.2.